The number of benzene rings is 3. The van der Waals surface area contributed by atoms with E-state index in [0.717, 1.165) is 11.8 Å². The fourth-order valence-electron chi connectivity index (χ4n) is 4.06. The van der Waals surface area contributed by atoms with Crippen LogP contribution in [0.1, 0.15) is 24.2 Å². The lowest BCUT2D eigenvalue weighted by atomic mass is 10.1. The Morgan fingerprint density at radius 1 is 1.08 bits per heavy atom. The highest BCUT2D eigenvalue weighted by atomic mass is 32.2. The number of aromatic nitrogens is 2. The Morgan fingerprint density at radius 3 is 2.50 bits per heavy atom. The first-order valence-electron chi connectivity index (χ1n) is 11.8. The van der Waals surface area contributed by atoms with Crippen LogP contribution in [0.25, 0.3) is 16.7 Å². The Hall–Kier alpha value is -3.74. The minimum atomic E-state index is -3.70. The van der Waals surface area contributed by atoms with E-state index in [0.29, 0.717) is 40.7 Å². The predicted molar refractivity (Wildman–Crippen MR) is 146 cm³/mol. The number of methoxy groups -OCH3 is 1. The van der Waals surface area contributed by atoms with E-state index in [1.165, 1.54) is 34.6 Å². The number of carbonyl (C=O) groups excluding carboxylic acids is 1. The molecule has 0 N–H and O–H groups in total. The summed E-state index contributed by atoms with van der Waals surface area (Å²) in [4.78, 5) is 28.3. The zero-order valence-electron chi connectivity index (χ0n) is 21.0. The number of thioether (sulfide) groups is 1. The van der Waals surface area contributed by atoms with Crippen molar-refractivity contribution >= 4 is 44.3 Å². The van der Waals surface area contributed by atoms with Gasteiger partial charge in [-0.3, -0.25) is 19.5 Å². The molecule has 0 amide bonds. The van der Waals surface area contributed by atoms with Crippen molar-refractivity contribution in [3.63, 3.8) is 0 Å². The fraction of sp³-hybridized carbons (Fsp3) is 0.231. The average Bonchev–Trinajstić information content (AvgIpc) is 3.29. The van der Waals surface area contributed by atoms with Gasteiger partial charge in [-0.25, -0.2) is 13.4 Å². The van der Waals surface area contributed by atoms with Crippen LogP contribution in [-0.2, 0) is 10.0 Å². The van der Waals surface area contributed by atoms with E-state index >= 15 is 0 Å². The molecule has 0 unspecified atom stereocenters. The van der Waals surface area contributed by atoms with E-state index in [2.05, 4.69) is 4.98 Å². The first kappa shape index (κ1) is 27.3. The lowest BCUT2D eigenvalue weighted by molar-refractivity contribution is -0.384. The molecule has 1 aromatic heterocycles. The molecular weight excluding hydrogens is 528 g/mol. The van der Waals surface area contributed by atoms with Crippen molar-refractivity contribution in [3.05, 3.63) is 82.4 Å². The number of carbonyl (C=O) groups is 1. The quantitative estimate of drug-likeness (QED) is 0.110. The molecule has 0 spiro atoms. The second kappa shape index (κ2) is 11.3. The molecule has 38 heavy (non-hydrogen) atoms. The van der Waals surface area contributed by atoms with Gasteiger partial charge in [0.2, 0.25) is 10.0 Å². The number of nitro benzene ring substituents is 1. The Kier molecular flexibility index (Phi) is 8.14. The molecule has 0 fully saturated rings. The summed E-state index contributed by atoms with van der Waals surface area (Å²) in [5.74, 6) is 0.227. The zero-order chi connectivity index (χ0) is 27.4. The second-order valence-electron chi connectivity index (χ2n) is 8.16. The van der Waals surface area contributed by atoms with Gasteiger partial charge in [-0.05, 0) is 30.3 Å². The normalized spacial score (nSPS) is 11.7. The predicted octanol–water partition coefficient (Wildman–Crippen LogP) is 4.95. The van der Waals surface area contributed by atoms with Crippen LogP contribution in [0.3, 0.4) is 0 Å². The number of Topliss-reactive ketones (excluding diaryl/α,β-unsaturated/α-hetero) is 1. The third-order valence-electron chi connectivity index (χ3n) is 5.98. The molecule has 0 aliphatic rings. The van der Waals surface area contributed by atoms with Crippen molar-refractivity contribution in [3.8, 4) is 11.4 Å². The fourth-order valence-corrected chi connectivity index (χ4v) is 6.46. The number of hydrogen-bond donors (Lipinski definition) is 0. The maximum atomic E-state index is 13.1. The van der Waals surface area contributed by atoms with E-state index in [9.17, 15) is 23.3 Å². The van der Waals surface area contributed by atoms with Crippen LogP contribution in [0.2, 0.25) is 0 Å². The number of ketones is 1. The Morgan fingerprint density at radius 2 is 1.82 bits per heavy atom. The smallest absolute Gasteiger partial charge is 0.270 e. The highest BCUT2D eigenvalue weighted by molar-refractivity contribution is 7.99. The molecule has 0 bridgehead atoms. The number of fused-ring (bicyclic) bond motifs is 1. The van der Waals surface area contributed by atoms with Crippen molar-refractivity contribution in [2.24, 2.45) is 0 Å². The van der Waals surface area contributed by atoms with Gasteiger partial charge in [-0.2, -0.15) is 4.31 Å². The molecule has 3 aromatic carbocycles. The molecule has 0 atom stereocenters. The van der Waals surface area contributed by atoms with Gasteiger partial charge in [0.05, 0.1) is 39.4 Å². The third-order valence-corrected chi connectivity index (χ3v) is 8.96. The van der Waals surface area contributed by atoms with Crippen LogP contribution >= 0.6 is 11.8 Å². The molecule has 10 nitrogen and oxygen atoms in total. The summed E-state index contributed by atoms with van der Waals surface area (Å²) in [6, 6.07) is 17.6. The number of nitrogens with zero attached hydrogens (tertiary/aromatic N) is 4. The Balaban J connectivity index is 1.78. The number of non-ortho nitro benzene ring substituents is 1. The lowest BCUT2D eigenvalue weighted by Gasteiger charge is -2.18. The molecule has 1 heterocycles. The SMILES string of the molecule is CCN(CC)S(=O)(=O)c1ccc2c(c1)nc(SCC(=O)c1cccc([N+](=O)[O-])c1)n2-c1ccccc1OC. The topological polar surface area (TPSA) is 125 Å². The van der Waals surface area contributed by atoms with Gasteiger partial charge in [0.25, 0.3) is 5.69 Å². The van der Waals surface area contributed by atoms with E-state index < -0.39 is 14.9 Å². The van der Waals surface area contributed by atoms with Gasteiger partial charge < -0.3 is 4.74 Å². The monoisotopic (exact) mass is 554 g/mol. The highest BCUT2D eigenvalue weighted by Gasteiger charge is 2.24. The second-order valence-corrected chi connectivity index (χ2v) is 11.0. The van der Waals surface area contributed by atoms with Crippen molar-refractivity contribution in [2.45, 2.75) is 23.9 Å². The molecule has 0 radical (unpaired) electrons. The number of nitro groups is 1. The summed E-state index contributed by atoms with van der Waals surface area (Å²) in [6.07, 6.45) is 0. The zero-order valence-corrected chi connectivity index (χ0v) is 22.7. The number of sulfonamides is 1. The Bertz CT molecular complexity index is 1610. The number of hydrogen-bond acceptors (Lipinski definition) is 8. The average molecular weight is 555 g/mol. The van der Waals surface area contributed by atoms with Gasteiger partial charge in [0.15, 0.2) is 10.9 Å². The summed E-state index contributed by atoms with van der Waals surface area (Å²) in [6.45, 7) is 4.24. The first-order valence-corrected chi connectivity index (χ1v) is 14.2. The molecule has 0 saturated heterocycles. The van der Waals surface area contributed by atoms with E-state index in [1.807, 2.05) is 22.8 Å². The summed E-state index contributed by atoms with van der Waals surface area (Å²) in [7, 11) is -2.16. The summed E-state index contributed by atoms with van der Waals surface area (Å²) >= 11 is 1.15. The maximum Gasteiger partial charge on any atom is 0.270 e. The molecule has 0 aliphatic heterocycles. The van der Waals surface area contributed by atoms with E-state index in [4.69, 9.17) is 4.74 Å². The van der Waals surface area contributed by atoms with Crippen molar-refractivity contribution in [1.29, 1.82) is 0 Å². The summed E-state index contributed by atoms with van der Waals surface area (Å²) < 4.78 is 35.0. The molecule has 198 valence electrons. The minimum absolute atomic E-state index is 0.0375. The lowest BCUT2D eigenvalue weighted by Crippen LogP contribution is -2.30. The van der Waals surface area contributed by atoms with Gasteiger partial charge in [-0.1, -0.05) is 49.9 Å². The highest BCUT2D eigenvalue weighted by Crippen LogP contribution is 2.34. The molecule has 4 aromatic rings. The van der Waals surface area contributed by atoms with Crippen LogP contribution < -0.4 is 4.74 Å². The van der Waals surface area contributed by atoms with Crippen LogP contribution in [0.5, 0.6) is 5.75 Å². The maximum absolute atomic E-state index is 13.1. The van der Waals surface area contributed by atoms with E-state index in [1.54, 1.807) is 39.2 Å². The number of ether oxygens (including phenoxy) is 1. The van der Waals surface area contributed by atoms with Gasteiger partial charge in [-0.15, -0.1) is 0 Å². The molecule has 0 saturated carbocycles. The molecular formula is C26H26N4O6S2. The van der Waals surface area contributed by atoms with Crippen LogP contribution in [0.15, 0.2) is 76.8 Å². The largest absolute Gasteiger partial charge is 0.495 e. The molecule has 4 rings (SSSR count). The summed E-state index contributed by atoms with van der Waals surface area (Å²) in [5, 5.41) is 11.6. The van der Waals surface area contributed by atoms with Crippen molar-refractivity contribution in [2.75, 3.05) is 26.0 Å². The van der Waals surface area contributed by atoms with Crippen LogP contribution in [0.4, 0.5) is 5.69 Å². The third kappa shape index (κ3) is 5.28. The minimum Gasteiger partial charge on any atom is -0.495 e. The van der Waals surface area contributed by atoms with Gasteiger partial charge >= 0.3 is 0 Å². The van der Waals surface area contributed by atoms with Gasteiger partial charge in [0, 0.05) is 30.8 Å². The number of para-hydroxylation sites is 2. The summed E-state index contributed by atoms with van der Waals surface area (Å²) in [5.41, 5.74) is 1.80. The number of imidazole rings is 1. The standard InChI is InChI=1S/C26H26N4O6S2/c1-4-28(5-2)38(34,35)20-13-14-22-21(16-20)27-26(29(22)23-11-6-7-12-25(23)36-3)37-17-24(31)18-9-8-10-19(15-18)30(32)33/h6-16H,4-5,17H2,1-3H3. The number of rotatable bonds is 11. The molecule has 0 aliphatic carbocycles. The van der Waals surface area contributed by atoms with Gasteiger partial charge in [0.1, 0.15) is 5.75 Å². The van der Waals surface area contributed by atoms with Crippen LogP contribution in [-0.4, -0.2) is 58.9 Å². The van der Waals surface area contributed by atoms with Crippen molar-refractivity contribution in [1.82, 2.24) is 13.9 Å². The van der Waals surface area contributed by atoms with Crippen LogP contribution in [0, 0.1) is 10.1 Å². The van der Waals surface area contributed by atoms with Crippen molar-refractivity contribution < 1.29 is 22.9 Å². The molecule has 12 heteroatoms. The Labute approximate surface area is 224 Å². The van der Waals surface area contributed by atoms with E-state index in [-0.39, 0.29) is 27.7 Å². The first-order chi connectivity index (χ1) is 18.2.